The van der Waals surface area contributed by atoms with Gasteiger partial charge in [0.15, 0.2) is 0 Å². The molecule has 2 aromatic rings. The zero-order chi connectivity index (χ0) is 13.2. The average molecular weight is 273 g/mol. The molecule has 2 nitrogen and oxygen atoms in total. The third-order valence-corrected chi connectivity index (χ3v) is 4.18. The molecule has 0 amide bonds. The van der Waals surface area contributed by atoms with Gasteiger partial charge in [-0.25, -0.2) is 5.43 Å². The Kier molecular flexibility index (Phi) is 3.56. The highest BCUT2D eigenvalue weighted by atomic mass is 35.5. The summed E-state index contributed by atoms with van der Waals surface area (Å²) in [5.74, 6) is 5.74. The molecule has 3 rings (SSSR count). The van der Waals surface area contributed by atoms with Gasteiger partial charge in [0.1, 0.15) is 0 Å². The standard InChI is InChI=1S/C16H17ClN2/c17-15-7-2-1-6-14(15)16(19-18)13-9-8-11-4-3-5-12(11)10-13/h1-2,6-10,16,19H,3-5,18H2. The van der Waals surface area contributed by atoms with Gasteiger partial charge in [-0.1, -0.05) is 48.0 Å². The second-order valence-electron chi connectivity index (χ2n) is 5.00. The van der Waals surface area contributed by atoms with Crippen LogP contribution in [0.15, 0.2) is 42.5 Å². The van der Waals surface area contributed by atoms with E-state index in [-0.39, 0.29) is 6.04 Å². The lowest BCUT2D eigenvalue weighted by molar-refractivity contribution is 0.636. The van der Waals surface area contributed by atoms with Gasteiger partial charge in [-0.2, -0.15) is 0 Å². The van der Waals surface area contributed by atoms with Crippen LogP contribution in [0.1, 0.15) is 34.7 Å². The largest absolute Gasteiger partial charge is 0.271 e. The lowest BCUT2D eigenvalue weighted by Crippen LogP contribution is -2.29. The average Bonchev–Trinajstić information content (AvgIpc) is 2.89. The van der Waals surface area contributed by atoms with Crippen molar-refractivity contribution in [1.82, 2.24) is 5.43 Å². The van der Waals surface area contributed by atoms with Gasteiger partial charge in [0.2, 0.25) is 0 Å². The topological polar surface area (TPSA) is 38.0 Å². The van der Waals surface area contributed by atoms with Crippen LogP contribution < -0.4 is 11.3 Å². The van der Waals surface area contributed by atoms with E-state index in [1.807, 2.05) is 24.3 Å². The number of rotatable bonds is 3. The summed E-state index contributed by atoms with van der Waals surface area (Å²) in [7, 11) is 0. The van der Waals surface area contributed by atoms with Crippen molar-refractivity contribution in [2.45, 2.75) is 25.3 Å². The zero-order valence-corrected chi connectivity index (χ0v) is 11.5. The summed E-state index contributed by atoms with van der Waals surface area (Å²) in [6.45, 7) is 0. The van der Waals surface area contributed by atoms with E-state index in [0.717, 1.165) is 10.6 Å². The Hall–Kier alpha value is -1.35. The first-order chi connectivity index (χ1) is 9.29. The molecule has 3 N–H and O–H groups in total. The fourth-order valence-electron chi connectivity index (χ4n) is 2.85. The number of hydrogen-bond acceptors (Lipinski definition) is 2. The fourth-order valence-corrected chi connectivity index (χ4v) is 3.09. The number of aryl methyl sites for hydroxylation is 2. The van der Waals surface area contributed by atoms with Crippen molar-refractivity contribution >= 4 is 11.6 Å². The molecular weight excluding hydrogens is 256 g/mol. The Balaban J connectivity index is 2.01. The summed E-state index contributed by atoms with van der Waals surface area (Å²) in [5.41, 5.74) is 8.00. The van der Waals surface area contributed by atoms with Crippen molar-refractivity contribution in [2.75, 3.05) is 0 Å². The molecule has 0 spiro atoms. The minimum atomic E-state index is -0.0559. The van der Waals surface area contributed by atoms with E-state index in [1.165, 1.54) is 36.0 Å². The molecule has 1 unspecified atom stereocenters. The number of nitrogens with two attached hydrogens (primary N) is 1. The van der Waals surface area contributed by atoms with Crippen LogP contribution in [0.3, 0.4) is 0 Å². The van der Waals surface area contributed by atoms with Crippen LogP contribution in [0.25, 0.3) is 0 Å². The van der Waals surface area contributed by atoms with Gasteiger partial charge < -0.3 is 0 Å². The van der Waals surface area contributed by atoms with Crippen molar-refractivity contribution < 1.29 is 0 Å². The lowest BCUT2D eigenvalue weighted by atomic mass is 9.96. The maximum Gasteiger partial charge on any atom is 0.0724 e. The lowest BCUT2D eigenvalue weighted by Gasteiger charge is -2.19. The summed E-state index contributed by atoms with van der Waals surface area (Å²) in [6, 6.07) is 14.4. The van der Waals surface area contributed by atoms with E-state index in [9.17, 15) is 0 Å². The van der Waals surface area contributed by atoms with E-state index in [4.69, 9.17) is 17.4 Å². The van der Waals surface area contributed by atoms with E-state index < -0.39 is 0 Å². The maximum absolute atomic E-state index is 6.27. The summed E-state index contributed by atoms with van der Waals surface area (Å²) >= 11 is 6.27. The van der Waals surface area contributed by atoms with Gasteiger partial charge in [0, 0.05) is 5.02 Å². The van der Waals surface area contributed by atoms with Crippen LogP contribution in [0, 0.1) is 0 Å². The number of fused-ring (bicyclic) bond motifs is 1. The number of hydrogen-bond donors (Lipinski definition) is 2. The highest BCUT2D eigenvalue weighted by molar-refractivity contribution is 6.31. The molecule has 0 heterocycles. The van der Waals surface area contributed by atoms with Gasteiger partial charge in [-0.05, 0) is 47.6 Å². The van der Waals surface area contributed by atoms with E-state index in [0.29, 0.717) is 0 Å². The van der Waals surface area contributed by atoms with Crippen LogP contribution >= 0.6 is 11.6 Å². The summed E-state index contributed by atoms with van der Waals surface area (Å²) < 4.78 is 0. The van der Waals surface area contributed by atoms with Crippen LogP contribution in [0.5, 0.6) is 0 Å². The van der Waals surface area contributed by atoms with Gasteiger partial charge in [0.25, 0.3) is 0 Å². The van der Waals surface area contributed by atoms with Crippen LogP contribution in [0.4, 0.5) is 0 Å². The third kappa shape index (κ3) is 2.39. The third-order valence-electron chi connectivity index (χ3n) is 3.84. The zero-order valence-electron chi connectivity index (χ0n) is 10.7. The Morgan fingerprint density at radius 1 is 1.05 bits per heavy atom. The Morgan fingerprint density at radius 3 is 2.63 bits per heavy atom. The molecule has 3 heteroatoms. The smallest absolute Gasteiger partial charge is 0.0724 e. The first-order valence-electron chi connectivity index (χ1n) is 6.62. The highest BCUT2D eigenvalue weighted by Gasteiger charge is 2.18. The molecule has 0 aliphatic heterocycles. The highest BCUT2D eigenvalue weighted by Crippen LogP contribution is 2.31. The summed E-state index contributed by atoms with van der Waals surface area (Å²) in [6.07, 6.45) is 3.62. The van der Waals surface area contributed by atoms with Crippen LogP contribution in [-0.2, 0) is 12.8 Å². The van der Waals surface area contributed by atoms with Crippen molar-refractivity contribution in [3.8, 4) is 0 Å². The Labute approximate surface area is 118 Å². The number of halogens is 1. The minimum Gasteiger partial charge on any atom is -0.271 e. The summed E-state index contributed by atoms with van der Waals surface area (Å²) in [5, 5.41) is 0.742. The SMILES string of the molecule is NNC(c1ccc2c(c1)CCC2)c1ccccc1Cl. The van der Waals surface area contributed by atoms with Gasteiger partial charge in [0.05, 0.1) is 6.04 Å². The molecule has 0 bridgehead atoms. The van der Waals surface area contributed by atoms with Gasteiger partial charge in [-0.15, -0.1) is 0 Å². The molecule has 1 aliphatic rings. The van der Waals surface area contributed by atoms with Gasteiger partial charge in [-0.3, -0.25) is 5.84 Å². The molecule has 0 saturated carbocycles. The second-order valence-corrected chi connectivity index (χ2v) is 5.41. The van der Waals surface area contributed by atoms with Crippen LogP contribution in [-0.4, -0.2) is 0 Å². The number of hydrazine groups is 1. The first kappa shape index (κ1) is 12.7. The normalized spacial score (nSPS) is 15.3. The number of benzene rings is 2. The summed E-state index contributed by atoms with van der Waals surface area (Å²) in [4.78, 5) is 0. The predicted molar refractivity (Wildman–Crippen MR) is 79.1 cm³/mol. The Morgan fingerprint density at radius 2 is 1.84 bits per heavy atom. The van der Waals surface area contributed by atoms with E-state index in [2.05, 4.69) is 23.6 Å². The number of nitrogens with one attached hydrogen (secondary N) is 1. The van der Waals surface area contributed by atoms with Gasteiger partial charge >= 0.3 is 0 Å². The van der Waals surface area contributed by atoms with Crippen molar-refractivity contribution in [2.24, 2.45) is 5.84 Å². The van der Waals surface area contributed by atoms with Crippen molar-refractivity contribution in [3.63, 3.8) is 0 Å². The first-order valence-corrected chi connectivity index (χ1v) is 6.99. The molecule has 0 fully saturated rings. The molecular formula is C16H17ClN2. The second kappa shape index (κ2) is 5.33. The molecule has 0 radical (unpaired) electrons. The van der Waals surface area contributed by atoms with E-state index >= 15 is 0 Å². The van der Waals surface area contributed by atoms with Crippen molar-refractivity contribution in [1.29, 1.82) is 0 Å². The quantitative estimate of drug-likeness (QED) is 0.664. The monoisotopic (exact) mass is 272 g/mol. The maximum atomic E-state index is 6.27. The molecule has 98 valence electrons. The van der Waals surface area contributed by atoms with Crippen LogP contribution in [0.2, 0.25) is 5.02 Å². The fraction of sp³-hybridized carbons (Fsp3) is 0.250. The Bertz CT molecular complexity index is 595. The molecule has 0 saturated heterocycles. The minimum absolute atomic E-state index is 0.0559. The molecule has 19 heavy (non-hydrogen) atoms. The predicted octanol–water partition coefficient (Wildman–Crippen LogP) is 3.38. The van der Waals surface area contributed by atoms with Crippen molar-refractivity contribution in [3.05, 3.63) is 69.7 Å². The molecule has 2 aromatic carbocycles. The molecule has 1 atom stereocenters. The molecule has 1 aliphatic carbocycles. The molecule has 0 aromatic heterocycles. The van der Waals surface area contributed by atoms with E-state index in [1.54, 1.807) is 0 Å².